The van der Waals surface area contributed by atoms with Gasteiger partial charge in [-0.2, -0.15) is 0 Å². The molecule has 0 radical (unpaired) electrons. The maximum atomic E-state index is 6.15. The molecule has 0 bridgehead atoms. The van der Waals surface area contributed by atoms with E-state index in [2.05, 4.69) is 20.3 Å². The number of rotatable bonds is 3. The van der Waals surface area contributed by atoms with Crippen LogP contribution in [0, 0.1) is 0 Å². The molecular weight excluding hydrogens is 260 g/mol. The van der Waals surface area contributed by atoms with Crippen LogP contribution in [0.4, 0.5) is 5.82 Å². The highest BCUT2D eigenvalue weighted by molar-refractivity contribution is 6.31. The van der Waals surface area contributed by atoms with E-state index in [1.54, 1.807) is 0 Å². The number of imidazole rings is 1. The quantitative estimate of drug-likeness (QED) is 0.770. The van der Waals surface area contributed by atoms with Gasteiger partial charge in [-0.05, 0) is 23.8 Å². The Hall–Kier alpha value is -2.07. The van der Waals surface area contributed by atoms with Gasteiger partial charge in [0.2, 0.25) is 0 Å². The maximum Gasteiger partial charge on any atom is 0.179 e. The number of hydrogen-bond donors (Lipinski definition) is 2. The zero-order valence-electron chi connectivity index (χ0n) is 10.4. The first-order valence-electron chi connectivity index (χ1n) is 6.03. The monoisotopic (exact) mass is 272 g/mol. The Kier molecular flexibility index (Phi) is 3.09. The van der Waals surface area contributed by atoms with Gasteiger partial charge in [0, 0.05) is 18.5 Å². The largest absolute Gasteiger partial charge is 0.373 e. The Morgan fingerprint density at radius 1 is 1.16 bits per heavy atom. The molecule has 0 spiro atoms. The second-order valence-corrected chi connectivity index (χ2v) is 4.68. The molecule has 2 aromatic heterocycles. The molecule has 5 heteroatoms. The minimum Gasteiger partial charge on any atom is -0.373 e. The van der Waals surface area contributed by atoms with Crippen molar-refractivity contribution in [3.8, 4) is 0 Å². The summed E-state index contributed by atoms with van der Waals surface area (Å²) in [6.07, 6.45) is 0.672. The maximum absolute atomic E-state index is 6.15. The van der Waals surface area contributed by atoms with E-state index in [9.17, 15) is 0 Å². The molecule has 2 heterocycles. The molecule has 4 nitrogen and oxygen atoms in total. The third-order valence-corrected chi connectivity index (χ3v) is 3.34. The average molecular weight is 273 g/mol. The summed E-state index contributed by atoms with van der Waals surface area (Å²) in [6, 6.07) is 11.7. The van der Waals surface area contributed by atoms with E-state index in [1.807, 2.05) is 43.4 Å². The Bertz CT molecular complexity index is 720. The number of hydrogen-bond acceptors (Lipinski definition) is 3. The molecule has 0 unspecified atom stereocenters. The zero-order chi connectivity index (χ0) is 13.2. The van der Waals surface area contributed by atoms with Crippen LogP contribution in [0.2, 0.25) is 5.02 Å². The number of aromatic nitrogens is 3. The lowest BCUT2D eigenvalue weighted by Gasteiger charge is -2.00. The van der Waals surface area contributed by atoms with E-state index < -0.39 is 0 Å². The second-order valence-electron chi connectivity index (χ2n) is 4.27. The van der Waals surface area contributed by atoms with E-state index in [0.717, 1.165) is 27.7 Å². The van der Waals surface area contributed by atoms with Crippen LogP contribution in [0.15, 0.2) is 36.4 Å². The summed E-state index contributed by atoms with van der Waals surface area (Å²) in [5.41, 5.74) is 2.70. The number of halogens is 1. The van der Waals surface area contributed by atoms with Crippen molar-refractivity contribution in [1.29, 1.82) is 0 Å². The summed E-state index contributed by atoms with van der Waals surface area (Å²) in [5.74, 6) is 1.67. The van der Waals surface area contributed by atoms with Crippen molar-refractivity contribution in [1.82, 2.24) is 15.0 Å². The number of pyridine rings is 1. The van der Waals surface area contributed by atoms with Crippen molar-refractivity contribution in [2.24, 2.45) is 0 Å². The van der Waals surface area contributed by atoms with E-state index >= 15 is 0 Å². The molecule has 2 N–H and O–H groups in total. The molecule has 0 aliphatic heterocycles. The van der Waals surface area contributed by atoms with Gasteiger partial charge in [-0.15, -0.1) is 0 Å². The standard InChI is InChI=1S/C14H13ClN4/c1-16-12-7-6-11-14(18-12)19-13(17-11)8-9-4-2-3-5-10(9)15/h2-7H,8H2,1H3,(H2,16,17,18,19). The number of benzene rings is 1. The lowest BCUT2D eigenvalue weighted by atomic mass is 10.1. The minimum atomic E-state index is 0.672. The molecule has 0 amide bonds. The lowest BCUT2D eigenvalue weighted by Crippen LogP contribution is -1.92. The summed E-state index contributed by atoms with van der Waals surface area (Å²) in [7, 11) is 1.84. The number of nitrogens with zero attached hydrogens (tertiary/aromatic N) is 2. The topological polar surface area (TPSA) is 53.6 Å². The van der Waals surface area contributed by atoms with Crippen molar-refractivity contribution in [3.05, 3.63) is 52.8 Å². The minimum absolute atomic E-state index is 0.672. The fourth-order valence-electron chi connectivity index (χ4n) is 1.99. The average Bonchev–Trinajstić information content (AvgIpc) is 2.82. The Morgan fingerprint density at radius 3 is 2.79 bits per heavy atom. The smallest absolute Gasteiger partial charge is 0.179 e. The van der Waals surface area contributed by atoms with Gasteiger partial charge in [-0.1, -0.05) is 29.8 Å². The number of H-pyrrole nitrogens is 1. The SMILES string of the molecule is CNc1ccc2[nH]c(Cc3ccccc3Cl)nc2n1. The Balaban J connectivity index is 1.95. The van der Waals surface area contributed by atoms with Gasteiger partial charge in [0.05, 0.1) is 5.52 Å². The zero-order valence-corrected chi connectivity index (χ0v) is 11.2. The summed E-state index contributed by atoms with van der Waals surface area (Å²) < 4.78 is 0. The fraction of sp³-hybridized carbons (Fsp3) is 0.143. The van der Waals surface area contributed by atoms with Crippen LogP contribution in [-0.4, -0.2) is 22.0 Å². The van der Waals surface area contributed by atoms with Gasteiger partial charge in [0.1, 0.15) is 11.6 Å². The van der Waals surface area contributed by atoms with Crippen molar-refractivity contribution >= 4 is 28.6 Å². The molecule has 0 saturated carbocycles. The number of aromatic amines is 1. The molecule has 96 valence electrons. The predicted molar refractivity (Wildman–Crippen MR) is 77.7 cm³/mol. The van der Waals surface area contributed by atoms with E-state index in [1.165, 1.54) is 0 Å². The highest BCUT2D eigenvalue weighted by atomic mass is 35.5. The van der Waals surface area contributed by atoms with Crippen LogP contribution in [0.5, 0.6) is 0 Å². The molecule has 0 saturated heterocycles. The van der Waals surface area contributed by atoms with Crippen LogP contribution in [-0.2, 0) is 6.42 Å². The van der Waals surface area contributed by atoms with Gasteiger partial charge in [0.15, 0.2) is 5.65 Å². The van der Waals surface area contributed by atoms with Gasteiger partial charge in [0.25, 0.3) is 0 Å². The number of fused-ring (bicyclic) bond motifs is 1. The molecule has 0 atom stereocenters. The third-order valence-electron chi connectivity index (χ3n) is 2.97. The number of nitrogens with one attached hydrogen (secondary N) is 2. The van der Waals surface area contributed by atoms with Gasteiger partial charge >= 0.3 is 0 Å². The van der Waals surface area contributed by atoms with E-state index in [-0.39, 0.29) is 0 Å². The molecule has 3 aromatic rings. The van der Waals surface area contributed by atoms with Gasteiger partial charge in [-0.25, -0.2) is 9.97 Å². The molecule has 1 aromatic carbocycles. The van der Waals surface area contributed by atoms with Crippen molar-refractivity contribution in [3.63, 3.8) is 0 Å². The second kappa shape index (κ2) is 4.90. The summed E-state index contributed by atoms with van der Waals surface area (Å²) >= 11 is 6.15. The highest BCUT2D eigenvalue weighted by Gasteiger charge is 2.07. The fourth-order valence-corrected chi connectivity index (χ4v) is 2.19. The first-order chi connectivity index (χ1) is 9.26. The molecule has 0 aliphatic carbocycles. The van der Waals surface area contributed by atoms with E-state index in [0.29, 0.717) is 12.1 Å². The van der Waals surface area contributed by atoms with Crippen molar-refractivity contribution < 1.29 is 0 Å². The molecular formula is C14H13ClN4. The third kappa shape index (κ3) is 2.39. The normalized spacial score (nSPS) is 10.8. The highest BCUT2D eigenvalue weighted by Crippen LogP contribution is 2.19. The molecule has 19 heavy (non-hydrogen) atoms. The van der Waals surface area contributed by atoms with Crippen LogP contribution >= 0.6 is 11.6 Å². The Morgan fingerprint density at radius 2 is 2.00 bits per heavy atom. The molecule has 3 rings (SSSR count). The number of anilines is 1. The van der Waals surface area contributed by atoms with Gasteiger partial charge in [-0.3, -0.25) is 0 Å². The summed E-state index contributed by atoms with van der Waals surface area (Å²) in [6.45, 7) is 0. The van der Waals surface area contributed by atoms with Crippen LogP contribution in [0.25, 0.3) is 11.2 Å². The Labute approximate surface area is 115 Å². The molecule has 0 fully saturated rings. The van der Waals surface area contributed by atoms with Crippen molar-refractivity contribution in [2.45, 2.75) is 6.42 Å². The van der Waals surface area contributed by atoms with Crippen molar-refractivity contribution in [2.75, 3.05) is 12.4 Å². The van der Waals surface area contributed by atoms with Crippen LogP contribution in [0.3, 0.4) is 0 Å². The van der Waals surface area contributed by atoms with Crippen LogP contribution < -0.4 is 5.32 Å². The first kappa shape index (κ1) is 12.0. The van der Waals surface area contributed by atoms with Crippen LogP contribution in [0.1, 0.15) is 11.4 Å². The first-order valence-corrected chi connectivity index (χ1v) is 6.41. The summed E-state index contributed by atoms with van der Waals surface area (Å²) in [4.78, 5) is 12.1. The van der Waals surface area contributed by atoms with E-state index in [4.69, 9.17) is 11.6 Å². The predicted octanol–water partition coefficient (Wildman–Crippen LogP) is 3.24. The lowest BCUT2D eigenvalue weighted by molar-refractivity contribution is 1.03. The van der Waals surface area contributed by atoms with Gasteiger partial charge < -0.3 is 10.3 Å². The molecule has 0 aliphatic rings. The summed E-state index contributed by atoms with van der Waals surface area (Å²) in [5, 5.41) is 3.76.